The fourth-order valence-corrected chi connectivity index (χ4v) is 2.90. The average molecular weight is 346 g/mol. The maximum absolute atomic E-state index is 13.9. The van der Waals surface area contributed by atoms with Crippen molar-refractivity contribution in [2.75, 3.05) is 6.54 Å². The van der Waals surface area contributed by atoms with Crippen molar-refractivity contribution in [3.63, 3.8) is 0 Å². The van der Waals surface area contributed by atoms with E-state index in [4.69, 9.17) is 0 Å². The molecule has 0 bridgehead atoms. The predicted octanol–water partition coefficient (Wildman–Crippen LogP) is 2.81. The molecule has 1 aromatic rings. The maximum atomic E-state index is 13.9. The Labute approximate surface area is 136 Å². The topological polar surface area (TPSA) is 49.4 Å². The van der Waals surface area contributed by atoms with Crippen molar-refractivity contribution in [2.45, 2.75) is 44.9 Å². The molecule has 24 heavy (non-hydrogen) atoms. The lowest BCUT2D eigenvalue weighted by Gasteiger charge is -2.40. The second-order valence-electron chi connectivity index (χ2n) is 5.97. The molecule has 1 aliphatic rings. The molecule has 132 valence electrons. The van der Waals surface area contributed by atoms with Crippen LogP contribution < -0.4 is 5.32 Å². The number of nitrogens with zero attached hydrogens (tertiary/aromatic N) is 1. The first-order valence-corrected chi connectivity index (χ1v) is 7.50. The number of benzene rings is 1. The molecule has 0 aromatic heterocycles. The van der Waals surface area contributed by atoms with Gasteiger partial charge >= 0.3 is 6.18 Å². The van der Waals surface area contributed by atoms with Crippen LogP contribution in [-0.2, 0) is 4.79 Å². The lowest BCUT2D eigenvalue weighted by Crippen LogP contribution is -2.58. The zero-order valence-electron chi connectivity index (χ0n) is 13.3. The molecule has 1 aliphatic heterocycles. The fraction of sp³-hybridized carbons (Fsp3) is 0.500. The Morgan fingerprint density at radius 3 is 2.50 bits per heavy atom. The minimum absolute atomic E-state index is 0.101. The second-order valence-corrected chi connectivity index (χ2v) is 5.97. The van der Waals surface area contributed by atoms with E-state index < -0.39 is 35.5 Å². The molecule has 2 amide bonds. The van der Waals surface area contributed by atoms with E-state index in [0.29, 0.717) is 10.5 Å². The number of hydrogen-bond donors (Lipinski definition) is 1. The molecule has 8 heteroatoms. The standard InChI is InChI=1S/C16H18F4N2O2/c1-9-3-5-13(17)12(7-9)15(24)22-8-11(21-10(2)23)4-6-14(22)16(18,19)20/h3,5,7,11,14H,4,6,8H2,1-2H3,(H,21,23)/t11-,14-/m0/s1. The van der Waals surface area contributed by atoms with E-state index in [1.165, 1.54) is 19.1 Å². The van der Waals surface area contributed by atoms with Gasteiger partial charge in [-0.3, -0.25) is 9.59 Å². The van der Waals surface area contributed by atoms with E-state index in [0.717, 1.165) is 6.07 Å². The first-order chi connectivity index (χ1) is 11.1. The summed E-state index contributed by atoms with van der Waals surface area (Å²) in [6, 6.07) is 1.14. The number of halogens is 4. The van der Waals surface area contributed by atoms with Crippen molar-refractivity contribution in [3.8, 4) is 0 Å². The SMILES string of the molecule is CC(=O)N[C@H]1CC[C@@H](C(F)(F)F)N(C(=O)c2cc(C)ccc2F)C1. The summed E-state index contributed by atoms with van der Waals surface area (Å²) < 4.78 is 53.7. The third-order valence-corrected chi connectivity index (χ3v) is 3.98. The molecule has 1 saturated heterocycles. The molecule has 4 nitrogen and oxygen atoms in total. The summed E-state index contributed by atoms with van der Waals surface area (Å²) >= 11 is 0. The highest BCUT2D eigenvalue weighted by atomic mass is 19.4. The minimum atomic E-state index is -4.61. The van der Waals surface area contributed by atoms with Crippen LogP contribution in [0.5, 0.6) is 0 Å². The Morgan fingerprint density at radius 1 is 1.25 bits per heavy atom. The quantitative estimate of drug-likeness (QED) is 0.837. The molecule has 0 saturated carbocycles. The van der Waals surface area contributed by atoms with Gasteiger partial charge in [0.15, 0.2) is 0 Å². The summed E-state index contributed by atoms with van der Waals surface area (Å²) in [5.74, 6) is -2.28. The Balaban J connectivity index is 2.33. The van der Waals surface area contributed by atoms with Crippen molar-refractivity contribution in [1.82, 2.24) is 10.2 Å². The molecule has 0 unspecified atom stereocenters. The zero-order valence-corrected chi connectivity index (χ0v) is 13.3. The van der Waals surface area contributed by atoms with Gasteiger partial charge in [-0.05, 0) is 31.9 Å². The molecule has 2 rings (SSSR count). The molecule has 0 spiro atoms. The summed E-state index contributed by atoms with van der Waals surface area (Å²) in [6.07, 6.45) is -4.85. The van der Waals surface area contributed by atoms with Crippen LogP contribution in [0.15, 0.2) is 18.2 Å². The highest BCUT2D eigenvalue weighted by Gasteiger charge is 2.48. The fourth-order valence-electron chi connectivity index (χ4n) is 2.90. The zero-order chi connectivity index (χ0) is 18.1. The highest BCUT2D eigenvalue weighted by molar-refractivity contribution is 5.95. The van der Waals surface area contributed by atoms with Gasteiger partial charge in [0.2, 0.25) is 5.91 Å². The number of aryl methyl sites for hydroxylation is 1. The van der Waals surface area contributed by atoms with E-state index in [1.807, 2.05) is 0 Å². The number of carbonyl (C=O) groups excluding carboxylic acids is 2. The Bertz CT molecular complexity index is 645. The van der Waals surface area contributed by atoms with Gasteiger partial charge in [0, 0.05) is 19.5 Å². The van der Waals surface area contributed by atoms with Gasteiger partial charge in [-0.25, -0.2) is 4.39 Å². The minimum Gasteiger partial charge on any atom is -0.352 e. The van der Waals surface area contributed by atoms with Crippen molar-refractivity contribution in [2.24, 2.45) is 0 Å². The summed E-state index contributed by atoms with van der Waals surface area (Å²) in [4.78, 5) is 24.3. The molecule has 1 N–H and O–H groups in total. The van der Waals surface area contributed by atoms with E-state index in [9.17, 15) is 27.2 Å². The number of rotatable bonds is 2. The molecular weight excluding hydrogens is 328 g/mol. The van der Waals surface area contributed by atoms with Crippen LogP contribution in [0.4, 0.5) is 17.6 Å². The van der Waals surface area contributed by atoms with Gasteiger partial charge in [-0.1, -0.05) is 11.6 Å². The summed E-state index contributed by atoms with van der Waals surface area (Å²) in [5, 5.41) is 2.52. The smallest absolute Gasteiger partial charge is 0.352 e. The third kappa shape index (κ3) is 4.04. The molecule has 1 heterocycles. The number of carbonyl (C=O) groups is 2. The van der Waals surface area contributed by atoms with Gasteiger partial charge in [0.1, 0.15) is 11.9 Å². The van der Waals surface area contributed by atoms with Crippen molar-refractivity contribution in [1.29, 1.82) is 0 Å². The average Bonchev–Trinajstić information content (AvgIpc) is 2.47. The van der Waals surface area contributed by atoms with Crippen molar-refractivity contribution >= 4 is 11.8 Å². The molecule has 1 aromatic carbocycles. The number of amides is 2. The lowest BCUT2D eigenvalue weighted by atomic mass is 9.96. The summed E-state index contributed by atoms with van der Waals surface area (Å²) in [5.41, 5.74) is 0.173. The van der Waals surface area contributed by atoms with Gasteiger partial charge in [0.05, 0.1) is 5.56 Å². The van der Waals surface area contributed by atoms with E-state index in [1.54, 1.807) is 6.92 Å². The van der Waals surface area contributed by atoms with Crippen molar-refractivity contribution < 1.29 is 27.2 Å². The van der Waals surface area contributed by atoms with E-state index in [2.05, 4.69) is 5.32 Å². The summed E-state index contributed by atoms with van der Waals surface area (Å²) in [7, 11) is 0. The highest BCUT2D eigenvalue weighted by Crippen LogP contribution is 2.33. The van der Waals surface area contributed by atoms with Crippen molar-refractivity contribution in [3.05, 3.63) is 35.1 Å². The number of piperidine rings is 1. The Hall–Kier alpha value is -2.12. The predicted molar refractivity (Wildman–Crippen MR) is 78.9 cm³/mol. The number of likely N-dealkylation sites (tertiary alicyclic amines) is 1. The molecular formula is C16H18F4N2O2. The second kappa shape index (κ2) is 6.78. The van der Waals surface area contributed by atoms with Crippen LogP contribution in [0.25, 0.3) is 0 Å². The first kappa shape index (κ1) is 18.2. The maximum Gasteiger partial charge on any atom is 0.408 e. The normalized spacial score (nSPS) is 21.5. The number of hydrogen-bond acceptors (Lipinski definition) is 2. The number of nitrogens with one attached hydrogen (secondary N) is 1. The molecule has 0 aliphatic carbocycles. The Kier molecular flexibility index (Phi) is 5.15. The van der Waals surface area contributed by atoms with Crippen LogP contribution >= 0.6 is 0 Å². The van der Waals surface area contributed by atoms with Gasteiger partial charge in [-0.2, -0.15) is 13.2 Å². The Morgan fingerprint density at radius 2 is 1.92 bits per heavy atom. The largest absolute Gasteiger partial charge is 0.408 e. The van der Waals surface area contributed by atoms with Crippen LogP contribution in [0.2, 0.25) is 0 Å². The van der Waals surface area contributed by atoms with E-state index in [-0.39, 0.29) is 25.3 Å². The van der Waals surface area contributed by atoms with Crippen LogP contribution in [0, 0.1) is 12.7 Å². The van der Waals surface area contributed by atoms with E-state index >= 15 is 0 Å². The molecule has 2 atom stereocenters. The van der Waals surface area contributed by atoms with Gasteiger partial charge in [0.25, 0.3) is 5.91 Å². The summed E-state index contributed by atoms with van der Waals surface area (Å²) in [6.45, 7) is 2.56. The van der Waals surface area contributed by atoms with Crippen LogP contribution in [0.1, 0.15) is 35.7 Å². The molecule has 0 radical (unpaired) electrons. The first-order valence-electron chi connectivity index (χ1n) is 7.50. The van der Waals surface area contributed by atoms with Crippen LogP contribution in [0.3, 0.4) is 0 Å². The van der Waals surface area contributed by atoms with Gasteiger partial charge < -0.3 is 10.2 Å². The lowest BCUT2D eigenvalue weighted by molar-refractivity contribution is -0.184. The monoisotopic (exact) mass is 346 g/mol. The van der Waals surface area contributed by atoms with Gasteiger partial charge in [-0.15, -0.1) is 0 Å². The van der Waals surface area contributed by atoms with Crippen LogP contribution in [-0.4, -0.2) is 41.5 Å². The third-order valence-electron chi connectivity index (χ3n) is 3.98. The number of alkyl halides is 3. The molecule has 1 fully saturated rings.